The van der Waals surface area contributed by atoms with Crippen molar-refractivity contribution in [3.8, 4) is 11.5 Å². The fourth-order valence-corrected chi connectivity index (χ4v) is 3.39. The van der Waals surface area contributed by atoms with Gasteiger partial charge in [0.05, 0.1) is 12.8 Å². The highest BCUT2D eigenvalue weighted by molar-refractivity contribution is 9.10. The van der Waals surface area contributed by atoms with Gasteiger partial charge >= 0.3 is 6.36 Å². The summed E-state index contributed by atoms with van der Waals surface area (Å²) in [6.07, 6.45) is -5.01. The van der Waals surface area contributed by atoms with Crippen molar-refractivity contribution in [1.29, 1.82) is 0 Å². The average molecular weight is 426 g/mol. The molecule has 0 aliphatic carbocycles. The Morgan fingerprint density at radius 2 is 1.75 bits per heavy atom. The summed E-state index contributed by atoms with van der Waals surface area (Å²) in [6, 6.07) is 8.99. The van der Waals surface area contributed by atoms with Gasteiger partial charge in [0.25, 0.3) is 10.0 Å². The van der Waals surface area contributed by atoms with E-state index in [1.165, 1.54) is 31.4 Å². The van der Waals surface area contributed by atoms with Gasteiger partial charge in [-0.25, -0.2) is 8.42 Å². The van der Waals surface area contributed by atoms with Crippen LogP contribution in [-0.2, 0) is 10.0 Å². The first-order chi connectivity index (χ1) is 11.1. The molecule has 10 heteroatoms. The van der Waals surface area contributed by atoms with Gasteiger partial charge in [-0.1, -0.05) is 28.1 Å². The normalized spacial score (nSPS) is 11.9. The van der Waals surface area contributed by atoms with Crippen molar-refractivity contribution < 1.29 is 31.1 Å². The molecule has 0 spiro atoms. The molecular formula is C14H11BrF3NO4S. The minimum atomic E-state index is -5.01. The van der Waals surface area contributed by atoms with Gasteiger partial charge in [-0.15, -0.1) is 13.2 Å². The Hall–Kier alpha value is -1.94. The molecule has 0 atom stereocenters. The number of methoxy groups -OCH3 is 1. The number of anilines is 1. The first-order valence-electron chi connectivity index (χ1n) is 6.33. The summed E-state index contributed by atoms with van der Waals surface area (Å²) >= 11 is 3.18. The number of ether oxygens (including phenoxy) is 2. The van der Waals surface area contributed by atoms with E-state index >= 15 is 0 Å². The number of hydrogen-bond acceptors (Lipinski definition) is 4. The van der Waals surface area contributed by atoms with Gasteiger partial charge in [0, 0.05) is 4.47 Å². The second-order valence-corrected chi connectivity index (χ2v) is 7.01. The van der Waals surface area contributed by atoms with Gasteiger partial charge in [-0.2, -0.15) is 0 Å². The van der Waals surface area contributed by atoms with Crippen LogP contribution >= 0.6 is 15.9 Å². The van der Waals surface area contributed by atoms with Gasteiger partial charge in [0.1, 0.15) is 16.4 Å². The number of benzene rings is 2. The molecule has 0 aliphatic rings. The number of alkyl halides is 3. The van der Waals surface area contributed by atoms with Crippen LogP contribution in [-0.4, -0.2) is 21.9 Å². The lowest BCUT2D eigenvalue weighted by Crippen LogP contribution is -2.21. The van der Waals surface area contributed by atoms with Crippen molar-refractivity contribution in [3.05, 3.63) is 46.9 Å². The van der Waals surface area contributed by atoms with E-state index < -0.39 is 27.0 Å². The van der Waals surface area contributed by atoms with E-state index in [1.807, 2.05) is 0 Å². The summed E-state index contributed by atoms with van der Waals surface area (Å²) < 4.78 is 73.8. The van der Waals surface area contributed by atoms with E-state index in [4.69, 9.17) is 4.74 Å². The van der Waals surface area contributed by atoms with Gasteiger partial charge in [0.2, 0.25) is 0 Å². The summed E-state index contributed by atoms with van der Waals surface area (Å²) in [6.45, 7) is 0. The maximum atomic E-state index is 12.5. The highest BCUT2D eigenvalue weighted by atomic mass is 79.9. The molecular weight excluding hydrogens is 415 g/mol. The van der Waals surface area contributed by atoms with Crippen molar-refractivity contribution in [2.75, 3.05) is 11.8 Å². The van der Waals surface area contributed by atoms with Crippen LogP contribution in [0.2, 0.25) is 0 Å². The van der Waals surface area contributed by atoms with Gasteiger partial charge < -0.3 is 9.47 Å². The zero-order chi connectivity index (χ0) is 18.0. The van der Waals surface area contributed by atoms with Crippen LogP contribution in [0.5, 0.6) is 11.5 Å². The second kappa shape index (κ2) is 6.89. The summed E-state index contributed by atoms with van der Waals surface area (Å²) in [7, 11) is -3.01. The van der Waals surface area contributed by atoms with Crippen molar-refractivity contribution in [2.45, 2.75) is 11.3 Å². The molecule has 0 radical (unpaired) electrons. The highest BCUT2D eigenvalue weighted by Crippen LogP contribution is 2.33. The molecule has 2 aromatic rings. The van der Waals surface area contributed by atoms with Crippen LogP contribution in [0.3, 0.4) is 0 Å². The monoisotopic (exact) mass is 425 g/mol. The summed E-state index contributed by atoms with van der Waals surface area (Å²) in [5, 5.41) is 0. The Kier molecular flexibility index (Phi) is 5.29. The molecule has 0 aliphatic heterocycles. The van der Waals surface area contributed by atoms with Crippen LogP contribution in [0.25, 0.3) is 0 Å². The summed E-state index contributed by atoms with van der Waals surface area (Å²) in [5.41, 5.74) is 0.0636. The van der Waals surface area contributed by atoms with E-state index in [-0.39, 0.29) is 11.4 Å². The third kappa shape index (κ3) is 4.54. The summed E-state index contributed by atoms with van der Waals surface area (Å²) in [5.74, 6) is -0.623. The lowest BCUT2D eigenvalue weighted by atomic mass is 10.3. The third-order valence-corrected chi connectivity index (χ3v) is 4.67. The highest BCUT2D eigenvalue weighted by Gasteiger charge is 2.34. The molecule has 0 fully saturated rings. The van der Waals surface area contributed by atoms with E-state index in [9.17, 15) is 21.6 Å². The number of sulfonamides is 1. The maximum absolute atomic E-state index is 12.5. The van der Waals surface area contributed by atoms with Crippen molar-refractivity contribution in [1.82, 2.24) is 0 Å². The molecule has 24 heavy (non-hydrogen) atoms. The lowest BCUT2D eigenvalue weighted by Gasteiger charge is -2.15. The number of hydrogen-bond donors (Lipinski definition) is 1. The largest absolute Gasteiger partial charge is 0.573 e. The topological polar surface area (TPSA) is 64.6 Å². The molecule has 0 saturated heterocycles. The molecule has 0 bridgehead atoms. The molecule has 1 N–H and O–H groups in total. The maximum Gasteiger partial charge on any atom is 0.573 e. The fraction of sp³-hybridized carbons (Fsp3) is 0.143. The predicted octanol–water partition coefficient (Wildman–Crippen LogP) is 4.16. The predicted molar refractivity (Wildman–Crippen MR) is 84.6 cm³/mol. The summed E-state index contributed by atoms with van der Waals surface area (Å²) in [4.78, 5) is -0.649. The SMILES string of the molecule is COc1ccc(Br)cc1NS(=O)(=O)c1ccccc1OC(F)(F)F. The standard InChI is InChI=1S/C14H11BrF3NO4S/c1-22-11-7-6-9(15)8-10(11)19-24(20,21)13-5-3-2-4-12(13)23-14(16,17)18/h2-8,19H,1H3. The Labute approximate surface area is 144 Å². The van der Waals surface area contributed by atoms with Crippen LogP contribution in [0.1, 0.15) is 0 Å². The Bertz CT molecular complexity index is 840. The Morgan fingerprint density at radius 1 is 1.08 bits per heavy atom. The van der Waals surface area contributed by atoms with Crippen LogP contribution in [0, 0.1) is 0 Å². The fourth-order valence-electron chi connectivity index (χ4n) is 1.84. The molecule has 0 amide bonds. The molecule has 2 aromatic carbocycles. The molecule has 0 unspecified atom stereocenters. The van der Waals surface area contributed by atoms with Crippen LogP contribution < -0.4 is 14.2 Å². The molecule has 5 nitrogen and oxygen atoms in total. The van der Waals surface area contributed by atoms with Crippen LogP contribution in [0.4, 0.5) is 18.9 Å². The zero-order valence-electron chi connectivity index (χ0n) is 12.1. The quantitative estimate of drug-likeness (QED) is 0.780. The smallest absolute Gasteiger partial charge is 0.495 e. The first-order valence-corrected chi connectivity index (χ1v) is 8.61. The van der Waals surface area contributed by atoms with E-state index in [1.54, 1.807) is 6.07 Å². The van der Waals surface area contributed by atoms with Gasteiger partial charge in [-0.05, 0) is 30.3 Å². The average Bonchev–Trinajstić information content (AvgIpc) is 2.46. The lowest BCUT2D eigenvalue weighted by molar-refractivity contribution is -0.275. The minimum absolute atomic E-state index is 0.0636. The van der Waals surface area contributed by atoms with Crippen molar-refractivity contribution in [3.63, 3.8) is 0 Å². The third-order valence-electron chi connectivity index (χ3n) is 2.77. The minimum Gasteiger partial charge on any atom is -0.495 e. The number of rotatable bonds is 5. The zero-order valence-corrected chi connectivity index (χ0v) is 14.5. The number of halogens is 4. The van der Waals surface area contributed by atoms with E-state index in [0.29, 0.717) is 4.47 Å². The molecule has 0 saturated carbocycles. The van der Waals surface area contributed by atoms with E-state index in [2.05, 4.69) is 25.4 Å². The van der Waals surface area contributed by atoms with Crippen LogP contribution in [0.15, 0.2) is 51.8 Å². The molecule has 130 valence electrons. The van der Waals surface area contributed by atoms with E-state index in [0.717, 1.165) is 12.1 Å². The number of nitrogens with one attached hydrogen (secondary N) is 1. The molecule has 0 heterocycles. The Balaban J connectivity index is 2.44. The van der Waals surface area contributed by atoms with Crippen molar-refractivity contribution in [2.24, 2.45) is 0 Å². The van der Waals surface area contributed by atoms with Gasteiger partial charge in [-0.3, -0.25) is 4.72 Å². The Morgan fingerprint density at radius 3 is 2.38 bits per heavy atom. The van der Waals surface area contributed by atoms with Crippen molar-refractivity contribution >= 4 is 31.6 Å². The number of para-hydroxylation sites is 1. The molecule has 0 aromatic heterocycles. The second-order valence-electron chi connectivity index (χ2n) is 4.44. The first kappa shape index (κ1) is 18.4. The van der Waals surface area contributed by atoms with Gasteiger partial charge in [0.15, 0.2) is 0 Å². The molecule has 2 rings (SSSR count).